The van der Waals surface area contributed by atoms with Gasteiger partial charge in [0.2, 0.25) is 0 Å². The summed E-state index contributed by atoms with van der Waals surface area (Å²) in [5.74, 6) is 0. The first-order valence-electron chi connectivity index (χ1n) is 5.09. The first-order valence-corrected chi connectivity index (χ1v) is 5.09. The fraction of sp³-hybridized carbons (Fsp3) is 0.636. The Labute approximate surface area is 91.1 Å². The number of rotatable bonds is 5. The minimum Gasteiger partial charge on any atom is -0.377 e. The molecule has 1 aromatic rings. The first kappa shape index (κ1) is 12.1. The molecule has 1 atom stereocenters. The van der Waals surface area contributed by atoms with Crippen molar-refractivity contribution in [1.82, 2.24) is 15.3 Å². The molecule has 84 valence electrons. The molecule has 0 radical (unpaired) electrons. The van der Waals surface area contributed by atoms with Gasteiger partial charge in [0, 0.05) is 38.3 Å². The number of nitrogens with one attached hydrogen (secondary N) is 1. The van der Waals surface area contributed by atoms with Crippen molar-refractivity contribution in [3.63, 3.8) is 0 Å². The van der Waals surface area contributed by atoms with Crippen LogP contribution in [0, 0.1) is 0 Å². The predicted octanol–water partition coefficient (Wildman–Crippen LogP) is 1.55. The van der Waals surface area contributed by atoms with E-state index in [0.29, 0.717) is 0 Å². The molecule has 0 aliphatic heterocycles. The Bertz CT molecular complexity index is 287. The van der Waals surface area contributed by atoms with Crippen molar-refractivity contribution in [2.24, 2.45) is 0 Å². The van der Waals surface area contributed by atoms with Crippen molar-refractivity contribution in [3.05, 3.63) is 24.3 Å². The second-order valence-corrected chi connectivity index (χ2v) is 4.20. The fourth-order valence-electron chi connectivity index (χ4n) is 1.11. The minimum absolute atomic E-state index is 0.156. The highest BCUT2D eigenvalue weighted by Gasteiger charge is 2.17. The number of ether oxygens (including phenoxy) is 1. The van der Waals surface area contributed by atoms with E-state index in [2.05, 4.69) is 22.2 Å². The van der Waals surface area contributed by atoms with Gasteiger partial charge in [0.05, 0.1) is 11.3 Å². The molecule has 0 spiro atoms. The maximum absolute atomic E-state index is 5.33. The zero-order valence-corrected chi connectivity index (χ0v) is 9.82. The van der Waals surface area contributed by atoms with E-state index in [0.717, 1.165) is 12.2 Å². The molecule has 0 saturated heterocycles. The Morgan fingerprint density at radius 3 is 2.73 bits per heavy atom. The van der Waals surface area contributed by atoms with Gasteiger partial charge < -0.3 is 10.1 Å². The Kier molecular flexibility index (Phi) is 4.17. The number of hydrogen-bond acceptors (Lipinski definition) is 4. The Hall–Kier alpha value is -1.00. The molecule has 0 saturated carbocycles. The summed E-state index contributed by atoms with van der Waals surface area (Å²) >= 11 is 0. The van der Waals surface area contributed by atoms with E-state index in [9.17, 15) is 0 Å². The lowest BCUT2D eigenvalue weighted by Gasteiger charge is -2.25. The molecule has 15 heavy (non-hydrogen) atoms. The van der Waals surface area contributed by atoms with Crippen LogP contribution in [0.2, 0.25) is 0 Å². The summed E-state index contributed by atoms with van der Waals surface area (Å²) in [6.07, 6.45) is 5.15. The molecular weight excluding hydrogens is 190 g/mol. The summed E-state index contributed by atoms with van der Waals surface area (Å²) in [5, 5.41) is 3.36. The van der Waals surface area contributed by atoms with Gasteiger partial charge >= 0.3 is 0 Å². The zero-order chi connectivity index (χ0) is 11.3. The van der Waals surface area contributed by atoms with Gasteiger partial charge in [-0.25, -0.2) is 0 Å². The van der Waals surface area contributed by atoms with Crippen LogP contribution in [0.3, 0.4) is 0 Å². The Balaban J connectivity index is 2.47. The van der Waals surface area contributed by atoms with E-state index in [1.165, 1.54) is 0 Å². The highest BCUT2D eigenvalue weighted by atomic mass is 16.5. The van der Waals surface area contributed by atoms with Gasteiger partial charge in [0.15, 0.2) is 0 Å². The monoisotopic (exact) mass is 209 g/mol. The summed E-state index contributed by atoms with van der Waals surface area (Å²) in [7, 11) is 1.72. The molecule has 0 bridgehead atoms. The van der Waals surface area contributed by atoms with Gasteiger partial charge in [-0.1, -0.05) is 0 Å². The third-order valence-electron chi connectivity index (χ3n) is 2.41. The predicted molar refractivity (Wildman–Crippen MR) is 59.5 cm³/mol. The van der Waals surface area contributed by atoms with Crippen LogP contribution in [0.5, 0.6) is 0 Å². The normalized spacial score (nSPS) is 13.9. The Morgan fingerprint density at radius 1 is 1.47 bits per heavy atom. The van der Waals surface area contributed by atoms with Gasteiger partial charge in [-0.3, -0.25) is 9.97 Å². The smallest absolute Gasteiger partial charge is 0.0753 e. The van der Waals surface area contributed by atoms with Crippen LogP contribution < -0.4 is 5.32 Å². The molecule has 1 heterocycles. The number of methoxy groups -OCH3 is 1. The lowest BCUT2D eigenvalue weighted by Crippen LogP contribution is -2.38. The molecule has 1 aromatic heterocycles. The van der Waals surface area contributed by atoms with E-state index < -0.39 is 0 Å². The van der Waals surface area contributed by atoms with Gasteiger partial charge in [-0.05, 0) is 20.8 Å². The largest absolute Gasteiger partial charge is 0.377 e. The van der Waals surface area contributed by atoms with Crippen molar-refractivity contribution in [2.75, 3.05) is 13.7 Å². The molecule has 4 nitrogen and oxygen atoms in total. The lowest BCUT2D eigenvalue weighted by molar-refractivity contribution is 0.0213. The molecular formula is C11H19N3O. The van der Waals surface area contributed by atoms with Gasteiger partial charge in [0.25, 0.3) is 0 Å². The van der Waals surface area contributed by atoms with Crippen LogP contribution in [0.15, 0.2) is 18.6 Å². The topological polar surface area (TPSA) is 47.0 Å². The molecule has 1 rings (SSSR count). The molecule has 0 aromatic carbocycles. The third kappa shape index (κ3) is 3.93. The van der Waals surface area contributed by atoms with Gasteiger partial charge in [-0.15, -0.1) is 0 Å². The zero-order valence-electron chi connectivity index (χ0n) is 9.82. The van der Waals surface area contributed by atoms with E-state index in [-0.39, 0.29) is 11.6 Å². The standard InChI is InChI=1S/C11H19N3O/c1-9(10-7-12-5-6-13-10)14-8-11(2,3)15-4/h5-7,9,14H,8H2,1-4H3. The number of nitrogens with zero attached hydrogens (tertiary/aromatic N) is 2. The van der Waals surface area contributed by atoms with E-state index in [1.54, 1.807) is 25.7 Å². The highest BCUT2D eigenvalue weighted by Crippen LogP contribution is 2.10. The van der Waals surface area contributed by atoms with E-state index >= 15 is 0 Å². The molecule has 1 N–H and O–H groups in total. The second-order valence-electron chi connectivity index (χ2n) is 4.20. The van der Waals surface area contributed by atoms with E-state index in [4.69, 9.17) is 4.74 Å². The molecule has 0 amide bonds. The molecule has 4 heteroatoms. The first-order chi connectivity index (χ1) is 7.05. The van der Waals surface area contributed by atoms with Crippen molar-refractivity contribution in [2.45, 2.75) is 32.4 Å². The molecule has 0 aliphatic rings. The summed E-state index contributed by atoms with van der Waals surface area (Å²) in [4.78, 5) is 8.28. The maximum atomic E-state index is 5.33. The average Bonchev–Trinajstić information content (AvgIpc) is 2.27. The number of aromatic nitrogens is 2. The third-order valence-corrected chi connectivity index (χ3v) is 2.41. The van der Waals surface area contributed by atoms with Crippen molar-refractivity contribution < 1.29 is 4.74 Å². The quantitative estimate of drug-likeness (QED) is 0.799. The van der Waals surface area contributed by atoms with Gasteiger partial charge in [0.1, 0.15) is 0 Å². The molecule has 0 aliphatic carbocycles. The van der Waals surface area contributed by atoms with Crippen molar-refractivity contribution >= 4 is 0 Å². The average molecular weight is 209 g/mol. The SMILES string of the molecule is COC(C)(C)CNC(C)c1cnccn1. The van der Waals surface area contributed by atoms with Crippen LogP contribution in [0.4, 0.5) is 0 Å². The van der Waals surface area contributed by atoms with Crippen LogP contribution in [0.25, 0.3) is 0 Å². The van der Waals surface area contributed by atoms with Crippen molar-refractivity contribution in [3.8, 4) is 0 Å². The summed E-state index contributed by atoms with van der Waals surface area (Å²) in [6, 6.07) is 0.188. The fourth-order valence-corrected chi connectivity index (χ4v) is 1.11. The molecule has 0 fully saturated rings. The lowest BCUT2D eigenvalue weighted by atomic mass is 10.1. The van der Waals surface area contributed by atoms with Crippen molar-refractivity contribution in [1.29, 1.82) is 0 Å². The second kappa shape index (κ2) is 5.19. The van der Waals surface area contributed by atoms with Crippen LogP contribution in [-0.4, -0.2) is 29.2 Å². The van der Waals surface area contributed by atoms with Crippen LogP contribution >= 0.6 is 0 Å². The summed E-state index contributed by atoms with van der Waals surface area (Å²) in [5.41, 5.74) is 0.792. The highest BCUT2D eigenvalue weighted by molar-refractivity contribution is 5.00. The number of hydrogen-bond donors (Lipinski definition) is 1. The molecule has 1 unspecified atom stereocenters. The summed E-state index contributed by atoms with van der Waals surface area (Å²) < 4.78 is 5.33. The van der Waals surface area contributed by atoms with Crippen LogP contribution in [0.1, 0.15) is 32.5 Å². The van der Waals surface area contributed by atoms with E-state index in [1.807, 2.05) is 13.8 Å². The minimum atomic E-state index is -0.156. The van der Waals surface area contributed by atoms with Gasteiger partial charge in [-0.2, -0.15) is 0 Å². The Morgan fingerprint density at radius 2 is 2.20 bits per heavy atom. The summed E-state index contributed by atoms with van der Waals surface area (Å²) in [6.45, 7) is 6.93. The van der Waals surface area contributed by atoms with Crippen LogP contribution in [-0.2, 0) is 4.74 Å². The maximum Gasteiger partial charge on any atom is 0.0753 e.